The van der Waals surface area contributed by atoms with Gasteiger partial charge in [-0.1, -0.05) is 6.07 Å². The molecule has 0 unspecified atom stereocenters. The summed E-state index contributed by atoms with van der Waals surface area (Å²) in [5, 5.41) is 2.83. The van der Waals surface area contributed by atoms with Crippen LogP contribution in [0.15, 0.2) is 23.2 Å². The molecule has 3 N–H and O–H groups in total. The van der Waals surface area contributed by atoms with Crippen molar-refractivity contribution >= 4 is 5.96 Å². The van der Waals surface area contributed by atoms with Crippen LogP contribution >= 0.6 is 0 Å². The van der Waals surface area contributed by atoms with E-state index in [-0.39, 0.29) is 23.6 Å². The molecule has 3 nitrogen and oxygen atoms in total. The largest absolute Gasteiger partial charge is 0.416 e. The number of rotatable bonds is 2. The number of nitrogens with two attached hydrogens (primary N) is 1. The van der Waals surface area contributed by atoms with Gasteiger partial charge in [-0.2, -0.15) is 13.2 Å². The lowest BCUT2D eigenvalue weighted by Crippen LogP contribution is -2.45. The van der Waals surface area contributed by atoms with E-state index < -0.39 is 17.6 Å². The Bertz CT molecular complexity index is 501. The smallest absolute Gasteiger partial charge is 0.370 e. The van der Waals surface area contributed by atoms with E-state index in [1.807, 2.05) is 20.8 Å². The maximum Gasteiger partial charge on any atom is 0.416 e. The van der Waals surface area contributed by atoms with E-state index in [4.69, 9.17) is 5.73 Å². The van der Waals surface area contributed by atoms with Gasteiger partial charge in [-0.25, -0.2) is 9.38 Å². The lowest BCUT2D eigenvalue weighted by molar-refractivity contribution is -0.138. The lowest BCUT2D eigenvalue weighted by atomic mass is 10.1. The Hall–Kier alpha value is -1.79. The van der Waals surface area contributed by atoms with Gasteiger partial charge in [-0.15, -0.1) is 0 Å². The van der Waals surface area contributed by atoms with Crippen LogP contribution < -0.4 is 11.1 Å². The highest BCUT2D eigenvalue weighted by atomic mass is 19.4. The first-order chi connectivity index (χ1) is 8.99. The van der Waals surface area contributed by atoms with E-state index in [2.05, 4.69) is 10.3 Å². The molecular weight excluding hydrogens is 274 g/mol. The summed E-state index contributed by atoms with van der Waals surface area (Å²) in [7, 11) is 0. The van der Waals surface area contributed by atoms with Gasteiger partial charge in [0, 0.05) is 5.54 Å². The number of alkyl halides is 3. The molecule has 0 aromatic heterocycles. The Morgan fingerprint density at radius 3 is 2.35 bits per heavy atom. The van der Waals surface area contributed by atoms with Crippen LogP contribution in [0.2, 0.25) is 0 Å². The Balaban J connectivity index is 2.96. The maximum atomic E-state index is 12.9. The maximum absolute atomic E-state index is 12.9. The Morgan fingerprint density at radius 1 is 1.25 bits per heavy atom. The summed E-state index contributed by atoms with van der Waals surface area (Å²) in [5.74, 6) is -0.902. The van der Waals surface area contributed by atoms with Gasteiger partial charge < -0.3 is 11.1 Å². The molecule has 0 saturated heterocycles. The van der Waals surface area contributed by atoms with Crippen molar-refractivity contribution in [1.29, 1.82) is 0 Å². The minimum atomic E-state index is -4.63. The van der Waals surface area contributed by atoms with E-state index in [9.17, 15) is 17.6 Å². The van der Waals surface area contributed by atoms with Crippen LogP contribution in [0.4, 0.5) is 17.6 Å². The molecule has 0 radical (unpaired) electrons. The number of hydrogen-bond donors (Lipinski definition) is 2. The second kappa shape index (κ2) is 5.68. The lowest BCUT2D eigenvalue weighted by Gasteiger charge is -2.21. The number of nitrogens with zero attached hydrogens (tertiary/aromatic N) is 1. The van der Waals surface area contributed by atoms with Crippen molar-refractivity contribution in [3.05, 3.63) is 35.1 Å². The SMILES string of the molecule is CC(C)(C)NC(N)=NCc1ccc(F)cc1C(F)(F)F. The molecule has 0 atom stereocenters. The molecule has 0 amide bonds. The zero-order chi connectivity index (χ0) is 15.6. The minimum Gasteiger partial charge on any atom is -0.370 e. The van der Waals surface area contributed by atoms with Crippen LogP contribution in [-0.4, -0.2) is 11.5 Å². The average molecular weight is 291 g/mol. The summed E-state index contributed by atoms with van der Waals surface area (Å²) in [4.78, 5) is 3.84. The van der Waals surface area contributed by atoms with Crippen molar-refractivity contribution in [2.45, 2.75) is 39.0 Å². The topological polar surface area (TPSA) is 50.4 Å². The molecule has 1 aromatic carbocycles. The van der Waals surface area contributed by atoms with Crippen LogP contribution in [0.1, 0.15) is 31.9 Å². The van der Waals surface area contributed by atoms with E-state index in [1.165, 1.54) is 0 Å². The monoisotopic (exact) mass is 291 g/mol. The van der Waals surface area contributed by atoms with Crippen molar-refractivity contribution in [2.75, 3.05) is 0 Å². The number of nitrogens with one attached hydrogen (secondary N) is 1. The fourth-order valence-corrected chi connectivity index (χ4v) is 1.54. The molecule has 0 saturated carbocycles. The van der Waals surface area contributed by atoms with Crippen LogP contribution in [0.5, 0.6) is 0 Å². The Morgan fingerprint density at radius 2 is 1.85 bits per heavy atom. The number of aliphatic imine (C=N–C) groups is 1. The zero-order valence-electron chi connectivity index (χ0n) is 11.5. The highest BCUT2D eigenvalue weighted by molar-refractivity contribution is 5.78. The van der Waals surface area contributed by atoms with Gasteiger partial charge in [0.2, 0.25) is 0 Å². The number of halogens is 4. The summed E-state index contributed by atoms with van der Waals surface area (Å²) < 4.78 is 51.2. The van der Waals surface area contributed by atoms with E-state index in [1.54, 1.807) is 0 Å². The molecule has 0 aliphatic heterocycles. The second-order valence-electron chi connectivity index (χ2n) is 5.38. The first-order valence-corrected chi connectivity index (χ1v) is 5.93. The van der Waals surface area contributed by atoms with Gasteiger partial charge in [0.25, 0.3) is 0 Å². The average Bonchev–Trinajstić information content (AvgIpc) is 2.23. The van der Waals surface area contributed by atoms with Gasteiger partial charge in [0.05, 0.1) is 12.1 Å². The third-order valence-electron chi connectivity index (χ3n) is 2.30. The highest BCUT2D eigenvalue weighted by Gasteiger charge is 2.33. The number of hydrogen-bond acceptors (Lipinski definition) is 1. The van der Waals surface area contributed by atoms with Crippen molar-refractivity contribution in [3.63, 3.8) is 0 Å². The molecular formula is C13H17F4N3. The Labute approximate surface area is 114 Å². The summed E-state index contributed by atoms with van der Waals surface area (Å²) in [6.07, 6.45) is -4.63. The van der Waals surface area contributed by atoms with Crippen molar-refractivity contribution in [1.82, 2.24) is 5.32 Å². The molecule has 20 heavy (non-hydrogen) atoms. The van der Waals surface area contributed by atoms with Gasteiger partial charge >= 0.3 is 6.18 Å². The van der Waals surface area contributed by atoms with E-state index >= 15 is 0 Å². The van der Waals surface area contributed by atoms with Crippen molar-refractivity contribution < 1.29 is 17.6 Å². The quantitative estimate of drug-likeness (QED) is 0.500. The van der Waals surface area contributed by atoms with E-state index in [0.29, 0.717) is 6.07 Å². The molecule has 1 rings (SSSR count). The normalized spacial score (nSPS) is 13.4. The summed E-state index contributed by atoms with van der Waals surface area (Å²) >= 11 is 0. The van der Waals surface area contributed by atoms with Gasteiger partial charge in [-0.05, 0) is 38.5 Å². The molecule has 0 spiro atoms. The first-order valence-electron chi connectivity index (χ1n) is 5.93. The van der Waals surface area contributed by atoms with Crippen molar-refractivity contribution in [2.24, 2.45) is 10.7 Å². The van der Waals surface area contributed by atoms with Crippen molar-refractivity contribution in [3.8, 4) is 0 Å². The van der Waals surface area contributed by atoms with Crippen LogP contribution in [-0.2, 0) is 12.7 Å². The first kappa shape index (κ1) is 16.3. The standard InChI is InChI=1S/C13H17F4N3/c1-12(2,3)20-11(18)19-7-8-4-5-9(14)6-10(8)13(15,16)17/h4-6H,7H2,1-3H3,(H3,18,19,20). The van der Waals surface area contributed by atoms with Crippen LogP contribution in [0.3, 0.4) is 0 Å². The second-order valence-corrected chi connectivity index (χ2v) is 5.38. The summed E-state index contributed by atoms with van der Waals surface area (Å²) in [6.45, 7) is 5.25. The van der Waals surface area contributed by atoms with Crippen LogP contribution in [0.25, 0.3) is 0 Å². The third-order valence-corrected chi connectivity index (χ3v) is 2.30. The Kier molecular flexibility index (Phi) is 4.62. The molecule has 0 aliphatic carbocycles. The molecule has 112 valence electrons. The number of guanidine groups is 1. The molecule has 0 aliphatic rings. The minimum absolute atomic E-state index is 0.0370. The summed E-state index contributed by atoms with van der Waals surface area (Å²) in [6, 6.07) is 2.48. The molecule has 0 bridgehead atoms. The van der Waals surface area contributed by atoms with Gasteiger partial charge in [0.1, 0.15) is 5.82 Å². The highest BCUT2D eigenvalue weighted by Crippen LogP contribution is 2.32. The molecule has 7 heteroatoms. The van der Waals surface area contributed by atoms with Gasteiger partial charge in [0.15, 0.2) is 5.96 Å². The van der Waals surface area contributed by atoms with E-state index in [0.717, 1.165) is 12.1 Å². The van der Waals surface area contributed by atoms with Gasteiger partial charge in [-0.3, -0.25) is 0 Å². The predicted octanol–water partition coefficient (Wildman–Crippen LogP) is 3.05. The fraction of sp³-hybridized carbons (Fsp3) is 0.462. The summed E-state index contributed by atoms with van der Waals surface area (Å²) in [5.41, 5.74) is 4.07. The third kappa shape index (κ3) is 5.07. The molecule has 0 heterocycles. The fourth-order valence-electron chi connectivity index (χ4n) is 1.54. The number of benzene rings is 1. The van der Waals surface area contributed by atoms with Crippen LogP contribution in [0, 0.1) is 5.82 Å². The molecule has 0 fully saturated rings. The zero-order valence-corrected chi connectivity index (χ0v) is 11.5. The predicted molar refractivity (Wildman–Crippen MR) is 69.6 cm³/mol. The molecule has 1 aromatic rings.